The van der Waals surface area contributed by atoms with Crippen LogP contribution < -0.4 is 19.7 Å². The van der Waals surface area contributed by atoms with Crippen molar-refractivity contribution in [3.05, 3.63) is 24.3 Å². The van der Waals surface area contributed by atoms with Crippen LogP contribution in [0.4, 0.5) is 0 Å². The van der Waals surface area contributed by atoms with Crippen LogP contribution in [0.1, 0.15) is 34.6 Å². The Morgan fingerprint density at radius 1 is 1.05 bits per heavy atom. The van der Waals surface area contributed by atoms with Crippen molar-refractivity contribution in [3.8, 4) is 11.5 Å². The van der Waals surface area contributed by atoms with Gasteiger partial charge in [-0.25, -0.2) is 4.57 Å². The summed E-state index contributed by atoms with van der Waals surface area (Å²) in [6.45, 7) is 7.32. The third-order valence-electron chi connectivity index (χ3n) is 5.35. The maximum atomic E-state index is 13.9. The van der Waals surface area contributed by atoms with E-state index in [0.29, 0.717) is 5.75 Å². The first-order valence-electron chi connectivity index (χ1n) is 11.8. The number of hydrogen-bond donors (Lipinski definition) is 5. The molecule has 0 aromatic heterocycles. The van der Waals surface area contributed by atoms with Crippen LogP contribution in [0.25, 0.3) is 0 Å². The van der Waals surface area contributed by atoms with Crippen LogP contribution in [0.15, 0.2) is 24.3 Å². The molecule has 1 aromatic carbocycles. The van der Waals surface area contributed by atoms with Gasteiger partial charge < -0.3 is 39.4 Å². The number of rotatable bonds is 12. The minimum atomic E-state index is -4.36. The summed E-state index contributed by atoms with van der Waals surface area (Å²) >= 11 is 0. The zero-order valence-electron chi connectivity index (χ0n) is 21.7. The van der Waals surface area contributed by atoms with Gasteiger partial charge in [-0.1, -0.05) is 13.8 Å². The zero-order chi connectivity index (χ0) is 27.9. The van der Waals surface area contributed by atoms with Crippen molar-refractivity contribution < 1.29 is 52.7 Å². The van der Waals surface area contributed by atoms with Gasteiger partial charge in [0.25, 0.3) is 0 Å². The molecule has 0 radical (unpaired) electrons. The van der Waals surface area contributed by atoms with E-state index >= 15 is 0 Å². The molecule has 1 unspecified atom stereocenters. The molecule has 37 heavy (non-hydrogen) atoms. The largest absolute Gasteiger partial charge is 0.497 e. The predicted octanol–water partition coefficient (Wildman–Crippen LogP) is 0.708. The highest BCUT2D eigenvalue weighted by Gasteiger charge is 2.46. The van der Waals surface area contributed by atoms with E-state index in [9.17, 15) is 29.5 Å². The number of hydrogen-bond acceptors (Lipinski definition) is 11. The van der Waals surface area contributed by atoms with Gasteiger partial charge >= 0.3 is 13.7 Å². The van der Waals surface area contributed by atoms with E-state index in [0.717, 1.165) is 0 Å². The molecule has 5 N–H and O–H groups in total. The van der Waals surface area contributed by atoms with Crippen molar-refractivity contribution in [2.75, 3.05) is 13.7 Å². The summed E-state index contributed by atoms with van der Waals surface area (Å²) in [6, 6.07) is 3.70. The lowest BCUT2D eigenvalue weighted by atomic mass is 9.97. The Morgan fingerprint density at radius 3 is 2.16 bits per heavy atom. The standard InChI is InChI=1S/C23H37N2O11P/c1-12(2)18(22(29)34-13(3)4)25-37(31,36-16-9-7-15(32-6)8-10-16)33-11-17-20(27)21(28)19(23(30)35-17)24-14(5)26/h7-10,12-13,17-21,23,27-28,30H,11H2,1-6H3,(H,24,26)(H,25,31)/t17-,18+,19-,20-,21-,23+,37?/m1/s1. The molecule has 1 amide bonds. The molecule has 0 aliphatic carbocycles. The van der Waals surface area contributed by atoms with Gasteiger partial charge in [-0.2, -0.15) is 5.09 Å². The quantitative estimate of drug-likeness (QED) is 0.182. The van der Waals surface area contributed by atoms with Crippen LogP contribution in [-0.4, -0.2) is 83.7 Å². The SMILES string of the molecule is COc1ccc(OP(=O)(N[C@H](C(=O)OC(C)C)C(C)C)OC[C@H]2O[C@H](O)[C@H](NC(C)=O)[C@@H](O)[C@@H]2O)cc1. The second-order valence-electron chi connectivity index (χ2n) is 9.17. The first-order chi connectivity index (χ1) is 17.3. The molecule has 1 aliphatic heterocycles. The number of esters is 1. The van der Waals surface area contributed by atoms with Crippen molar-refractivity contribution >= 4 is 19.6 Å². The molecule has 1 aromatic rings. The molecule has 1 saturated heterocycles. The molecule has 1 aliphatic rings. The number of aliphatic hydroxyl groups is 3. The van der Waals surface area contributed by atoms with E-state index < -0.39 is 69.0 Å². The third kappa shape index (κ3) is 8.92. The Labute approximate surface area is 216 Å². The highest BCUT2D eigenvalue weighted by Crippen LogP contribution is 2.46. The van der Waals surface area contributed by atoms with Crippen molar-refractivity contribution in [2.24, 2.45) is 5.92 Å². The van der Waals surface area contributed by atoms with Gasteiger partial charge in [-0.15, -0.1) is 0 Å². The molecule has 0 bridgehead atoms. The first kappa shape index (κ1) is 31.0. The lowest BCUT2D eigenvalue weighted by molar-refractivity contribution is -0.252. The van der Waals surface area contributed by atoms with Crippen molar-refractivity contribution in [1.82, 2.24) is 10.4 Å². The fourth-order valence-corrected chi connectivity index (χ4v) is 5.13. The fourth-order valence-electron chi connectivity index (χ4n) is 3.46. The summed E-state index contributed by atoms with van der Waals surface area (Å²) in [5.41, 5.74) is 0. The first-order valence-corrected chi connectivity index (χ1v) is 13.3. The topological polar surface area (TPSA) is 182 Å². The van der Waals surface area contributed by atoms with E-state index in [-0.39, 0.29) is 11.7 Å². The summed E-state index contributed by atoms with van der Waals surface area (Å²) in [5.74, 6) is -0.978. The fraction of sp³-hybridized carbons (Fsp3) is 0.652. The molecule has 7 atom stereocenters. The predicted molar refractivity (Wildman–Crippen MR) is 131 cm³/mol. The van der Waals surface area contributed by atoms with Gasteiger partial charge in [0.1, 0.15) is 41.9 Å². The van der Waals surface area contributed by atoms with E-state index in [2.05, 4.69) is 10.4 Å². The molecule has 14 heteroatoms. The Hall–Kier alpha value is -2.25. The van der Waals surface area contributed by atoms with Crippen LogP contribution in [0.2, 0.25) is 0 Å². The molecule has 0 spiro atoms. The van der Waals surface area contributed by atoms with E-state index in [1.807, 2.05) is 0 Å². The summed E-state index contributed by atoms with van der Waals surface area (Å²) in [4.78, 5) is 24.0. The summed E-state index contributed by atoms with van der Waals surface area (Å²) in [6.07, 6.45) is -6.70. The van der Waals surface area contributed by atoms with E-state index in [4.69, 9.17) is 23.3 Å². The normalized spacial score (nSPS) is 26.3. The zero-order valence-corrected chi connectivity index (χ0v) is 22.6. The number of amides is 1. The Balaban J connectivity index is 2.26. The van der Waals surface area contributed by atoms with Crippen LogP contribution in [0.5, 0.6) is 11.5 Å². The molecule has 2 rings (SSSR count). The lowest BCUT2D eigenvalue weighted by Gasteiger charge is -2.40. The number of benzene rings is 1. The summed E-state index contributed by atoms with van der Waals surface area (Å²) < 4.78 is 40.7. The number of ether oxygens (including phenoxy) is 3. The highest BCUT2D eigenvalue weighted by atomic mass is 31.2. The van der Waals surface area contributed by atoms with Gasteiger partial charge in [0, 0.05) is 6.92 Å². The van der Waals surface area contributed by atoms with Gasteiger partial charge in [0.15, 0.2) is 6.29 Å². The molecule has 1 heterocycles. The molecule has 0 saturated carbocycles. The van der Waals surface area contributed by atoms with Crippen molar-refractivity contribution in [1.29, 1.82) is 0 Å². The molecule has 210 valence electrons. The van der Waals surface area contributed by atoms with Crippen LogP contribution in [0, 0.1) is 5.92 Å². The van der Waals surface area contributed by atoms with Crippen LogP contribution in [0.3, 0.4) is 0 Å². The lowest BCUT2D eigenvalue weighted by Crippen LogP contribution is -2.64. The van der Waals surface area contributed by atoms with Gasteiger partial charge in [-0.05, 0) is 44.0 Å². The average Bonchev–Trinajstić information content (AvgIpc) is 2.81. The Bertz CT molecular complexity index is 943. The van der Waals surface area contributed by atoms with Gasteiger partial charge in [0.2, 0.25) is 5.91 Å². The van der Waals surface area contributed by atoms with Crippen molar-refractivity contribution in [2.45, 2.75) is 77.4 Å². The maximum absolute atomic E-state index is 13.9. The highest BCUT2D eigenvalue weighted by molar-refractivity contribution is 7.52. The Morgan fingerprint density at radius 2 is 1.65 bits per heavy atom. The smallest absolute Gasteiger partial charge is 0.459 e. The summed E-state index contributed by atoms with van der Waals surface area (Å²) in [5, 5.41) is 36.0. The van der Waals surface area contributed by atoms with Crippen molar-refractivity contribution in [3.63, 3.8) is 0 Å². The molecule has 13 nitrogen and oxygen atoms in total. The van der Waals surface area contributed by atoms with E-state index in [1.54, 1.807) is 39.8 Å². The second-order valence-corrected chi connectivity index (χ2v) is 10.9. The average molecular weight is 549 g/mol. The summed E-state index contributed by atoms with van der Waals surface area (Å²) in [7, 11) is -2.88. The number of nitrogens with one attached hydrogen (secondary N) is 2. The molecule has 1 fully saturated rings. The van der Waals surface area contributed by atoms with Crippen LogP contribution in [-0.2, 0) is 28.2 Å². The maximum Gasteiger partial charge on any atom is 0.459 e. The molecular weight excluding hydrogens is 511 g/mol. The number of aliphatic hydroxyl groups excluding tert-OH is 3. The monoisotopic (exact) mass is 548 g/mol. The Kier molecular flexibility index (Phi) is 11.3. The number of methoxy groups -OCH3 is 1. The van der Waals surface area contributed by atoms with Crippen LogP contribution >= 0.6 is 7.75 Å². The third-order valence-corrected chi connectivity index (χ3v) is 6.89. The minimum absolute atomic E-state index is 0.118. The van der Waals surface area contributed by atoms with E-state index in [1.165, 1.54) is 26.2 Å². The van der Waals surface area contributed by atoms with Gasteiger partial charge in [0.05, 0.1) is 19.8 Å². The van der Waals surface area contributed by atoms with Gasteiger partial charge in [-0.3, -0.25) is 14.1 Å². The second kappa shape index (κ2) is 13.5. The number of carbonyl (C=O) groups is 2. The minimum Gasteiger partial charge on any atom is -0.497 e. The molecular formula is C23H37N2O11P. The number of carbonyl (C=O) groups excluding carboxylic acids is 2.